The molecule has 1 aromatic rings. The first-order chi connectivity index (χ1) is 8.90. The van der Waals surface area contributed by atoms with Gasteiger partial charge in [0.2, 0.25) is 0 Å². The highest BCUT2D eigenvalue weighted by molar-refractivity contribution is 6.34. The van der Waals surface area contributed by atoms with Crippen LogP contribution in [0, 0.1) is 0 Å². The fourth-order valence-electron chi connectivity index (χ4n) is 1.93. The van der Waals surface area contributed by atoms with Gasteiger partial charge in [0.25, 0.3) is 5.91 Å². The first kappa shape index (κ1) is 14.0. The summed E-state index contributed by atoms with van der Waals surface area (Å²) in [4.78, 5) is 24.3. The molecule has 1 aliphatic heterocycles. The van der Waals surface area contributed by atoms with Gasteiger partial charge in [0.15, 0.2) is 10.3 Å². The fraction of sp³-hybridized carbons (Fsp3) is 0.400. The number of nitrogens with zero attached hydrogens (tertiary/aromatic N) is 3. The number of aliphatic hydroxyl groups is 1. The Morgan fingerprint density at radius 3 is 2.68 bits per heavy atom. The van der Waals surface area contributed by atoms with Crippen LogP contribution in [0.5, 0.6) is 0 Å². The summed E-state index contributed by atoms with van der Waals surface area (Å²) in [6.45, 7) is -0.0773. The number of likely N-dealkylation sites (tertiary alicyclic amines) is 1. The van der Waals surface area contributed by atoms with Crippen molar-refractivity contribution in [3.05, 3.63) is 21.9 Å². The molecule has 1 saturated heterocycles. The van der Waals surface area contributed by atoms with E-state index in [-0.39, 0.29) is 28.8 Å². The zero-order valence-corrected chi connectivity index (χ0v) is 11.0. The molecule has 1 fully saturated rings. The molecule has 2 heterocycles. The van der Waals surface area contributed by atoms with Gasteiger partial charge >= 0.3 is 5.97 Å². The molecule has 9 heteroatoms. The van der Waals surface area contributed by atoms with E-state index >= 15 is 0 Å². The van der Waals surface area contributed by atoms with Crippen molar-refractivity contribution in [1.29, 1.82) is 0 Å². The molecule has 19 heavy (non-hydrogen) atoms. The van der Waals surface area contributed by atoms with Crippen LogP contribution < -0.4 is 0 Å². The van der Waals surface area contributed by atoms with Crippen molar-refractivity contribution in [1.82, 2.24) is 15.1 Å². The quantitative estimate of drug-likeness (QED) is 0.822. The number of carboxylic acids is 1. The van der Waals surface area contributed by atoms with Crippen LogP contribution in [0.3, 0.4) is 0 Å². The lowest BCUT2D eigenvalue weighted by atomic mass is 10.2. The molecule has 2 N–H and O–H groups in total. The van der Waals surface area contributed by atoms with Crippen LogP contribution in [0.15, 0.2) is 6.07 Å². The number of rotatable bonds is 2. The predicted molar refractivity (Wildman–Crippen MR) is 65.1 cm³/mol. The van der Waals surface area contributed by atoms with Crippen molar-refractivity contribution in [3.8, 4) is 0 Å². The summed E-state index contributed by atoms with van der Waals surface area (Å²) in [6.07, 6.45) is -0.903. The topological polar surface area (TPSA) is 104 Å². The van der Waals surface area contributed by atoms with Gasteiger partial charge in [-0.3, -0.25) is 4.79 Å². The maximum Gasteiger partial charge on any atom is 0.326 e. The summed E-state index contributed by atoms with van der Waals surface area (Å²) < 4.78 is 0. The average Bonchev–Trinajstić information content (AvgIpc) is 2.74. The van der Waals surface area contributed by atoms with Crippen molar-refractivity contribution >= 4 is 35.1 Å². The van der Waals surface area contributed by atoms with E-state index in [1.165, 1.54) is 6.07 Å². The summed E-state index contributed by atoms with van der Waals surface area (Å²) in [5, 5.41) is 25.3. The third kappa shape index (κ3) is 2.78. The molecule has 1 amide bonds. The number of hydrogen-bond acceptors (Lipinski definition) is 5. The molecule has 0 spiro atoms. The van der Waals surface area contributed by atoms with E-state index in [0.717, 1.165) is 4.90 Å². The lowest BCUT2D eigenvalue weighted by Crippen LogP contribution is -2.40. The van der Waals surface area contributed by atoms with Crippen LogP contribution >= 0.6 is 23.2 Å². The largest absolute Gasteiger partial charge is 0.480 e. The number of halogens is 2. The van der Waals surface area contributed by atoms with Gasteiger partial charge in [-0.05, 0) is 6.07 Å². The van der Waals surface area contributed by atoms with Crippen LogP contribution in [-0.2, 0) is 4.79 Å². The van der Waals surface area contributed by atoms with Crippen molar-refractivity contribution < 1.29 is 19.8 Å². The molecule has 7 nitrogen and oxygen atoms in total. The summed E-state index contributed by atoms with van der Waals surface area (Å²) in [7, 11) is 0. The van der Waals surface area contributed by atoms with Gasteiger partial charge in [-0.15, -0.1) is 10.2 Å². The van der Waals surface area contributed by atoms with Gasteiger partial charge in [0, 0.05) is 13.0 Å². The monoisotopic (exact) mass is 305 g/mol. The second-order valence-corrected chi connectivity index (χ2v) is 4.82. The standard InChI is InChI=1S/C10H9Cl2N3O4/c11-7-2-5(8(12)14-13-7)9(17)15-3-4(16)1-6(15)10(18)19/h2,4,6,16H,1,3H2,(H,18,19)/t4?,6-/m0/s1. The van der Waals surface area contributed by atoms with Crippen LogP contribution in [0.25, 0.3) is 0 Å². The number of carbonyl (C=O) groups excluding carboxylic acids is 1. The Labute approximate surface area is 117 Å². The van der Waals surface area contributed by atoms with E-state index in [4.69, 9.17) is 28.3 Å². The third-order valence-electron chi connectivity index (χ3n) is 2.77. The molecule has 2 atom stereocenters. The molecule has 0 aromatic carbocycles. The molecule has 1 aromatic heterocycles. The van der Waals surface area contributed by atoms with Crippen LogP contribution in [-0.4, -0.2) is 55.9 Å². The van der Waals surface area contributed by atoms with Crippen LogP contribution in [0.2, 0.25) is 10.3 Å². The SMILES string of the molecule is O=C(O)[C@@H]1CC(O)CN1C(=O)c1cc(Cl)nnc1Cl. The molecule has 1 unspecified atom stereocenters. The number of carboxylic acid groups (broad SMARTS) is 1. The number of hydrogen-bond donors (Lipinski definition) is 2. The summed E-state index contributed by atoms with van der Waals surface area (Å²) >= 11 is 11.4. The summed E-state index contributed by atoms with van der Waals surface area (Å²) in [6, 6.07) is 0.119. The highest BCUT2D eigenvalue weighted by atomic mass is 35.5. The number of amides is 1. The Morgan fingerprint density at radius 1 is 1.37 bits per heavy atom. The Bertz CT molecular complexity index is 540. The summed E-state index contributed by atoms with van der Waals surface area (Å²) in [5.41, 5.74) is -0.0398. The lowest BCUT2D eigenvalue weighted by Gasteiger charge is -2.21. The van der Waals surface area contributed by atoms with E-state index in [1.807, 2.05) is 0 Å². The van der Waals surface area contributed by atoms with Crippen LogP contribution in [0.1, 0.15) is 16.8 Å². The number of β-amino-alcohol motifs (C(OH)–C–C–N with tert-alkyl or cyclic N) is 1. The average molecular weight is 306 g/mol. The van der Waals surface area contributed by atoms with Gasteiger partial charge < -0.3 is 15.1 Å². The minimum Gasteiger partial charge on any atom is -0.480 e. The van der Waals surface area contributed by atoms with Gasteiger partial charge in [0.05, 0.1) is 11.7 Å². The molecular formula is C10H9Cl2N3O4. The molecule has 0 radical (unpaired) electrons. The minimum atomic E-state index is -1.19. The highest BCUT2D eigenvalue weighted by Crippen LogP contribution is 2.24. The number of aliphatic hydroxyl groups excluding tert-OH is 1. The number of aliphatic carboxylic acids is 1. The fourth-order valence-corrected chi connectivity index (χ4v) is 2.25. The molecule has 0 bridgehead atoms. The molecular weight excluding hydrogens is 297 g/mol. The first-order valence-corrected chi connectivity index (χ1v) is 6.06. The zero-order valence-electron chi connectivity index (χ0n) is 9.45. The highest BCUT2D eigenvalue weighted by Gasteiger charge is 2.40. The first-order valence-electron chi connectivity index (χ1n) is 5.30. The zero-order chi connectivity index (χ0) is 14.2. The van der Waals surface area contributed by atoms with Crippen molar-refractivity contribution in [2.24, 2.45) is 0 Å². The lowest BCUT2D eigenvalue weighted by molar-refractivity contribution is -0.141. The second-order valence-electron chi connectivity index (χ2n) is 4.07. The molecule has 0 saturated carbocycles. The van der Waals surface area contributed by atoms with E-state index in [2.05, 4.69) is 10.2 Å². The molecule has 102 valence electrons. The maximum absolute atomic E-state index is 12.2. The van der Waals surface area contributed by atoms with Gasteiger partial charge in [-0.25, -0.2) is 4.79 Å². The van der Waals surface area contributed by atoms with Gasteiger partial charge in [-0.1, -0.05) is 23.2 Å². The number of carbonyl (C=O) groups is 2. The smallest absolute Gasteiger partial charge is 0.326 e. The van der Waals surface area contributed by atoms with E-state index in [1.54, 1.807) is 0 Å². The maximum atomic E-state index is 12.2. The van der Waals surface area contributed by atoms with Crippen molar-refractivity contribution in [3.63, 3.8) is 0 Å². The van der Waals surface area contributed by atoms with E-state index in [0.29, 0.717) is 0 Å². The Kier molecular flexibility index (Phi) is 3.88. The Balaban J connectivity index is 2.33. The predicted octanol–water partition coefficient (Wildman–Crippen LogP) is 0.443. The van der Waals surface area contributed by atoms with Crippen LogP contribution in [0.4, 0.5) is 0 Å². The Morgan fingerprint density at radius 2 is 2.05 bits per heavy atom. The van der Waals surface area contributed by atoms with Crippen molar-refractivity contribution in [2.75, 3.05) is 6.54 Å². The second kappa shape index (κ2) is 5.28. The van der Waals surface area contributed by atoms with E-state index in [9.17, 15) is 14.7 Å². The normalized spacial score (nSPS) is 22.6. The summed E-state index contributed by atoms with van der Waals surface area (Å²) in [5.74, 6) is -1.83. The number of aromatic nitrogens is 2. The molecule has 1 aliphatic rings. The van der Waals surface area contributed by atoms with Gasteiger partial charge in [0.1, 0.15) is 6.04 Å². The van der Waals surface area contributed by atoms with Gasteiger partial charge in [-0.2, -0.15) is 0 Å². The minimum absolute atomic E-state index is 0.0229. The Hall–Kier alpha value is -1.44. The van der Waals surface area contributed by atoms with Crippen molar-refractivity contribution in [2.45, 2.75) is 18.6 Å². The molecule has 2 rings (SSSR count). The van der Waals surface area contributed by atoms with E-state index < -0.39 is 24.0 Å². The third-order valence-corrected chi connectivity index (χ3v) is 3.24. The molecule has 0 aliphatic carbocycles.